The van der Waals surface area contributed by atoms with Crippen LogP contribution in [0.25, 0.3) is 0 Å². The van der Waals surface area contributed by atoms with Crippen LogP contribution in [0.1, 0.15) is 35.6 Å². The minimum absolute atomic E-state index is 0.0913. The smallest absolute Gasteiger partial charge is 0.167 e. The first kappa shape index (κ1) is 16.3. The second kappa shape index (κ2) is 6.15. The van der Waals surface area contributed by atoms with Crippen molar-refractivity contribution in [1.82, 2.24) is 0 Å². The van der Waals surface area contributed by atoms with Crippen molar-refractivity contribution in [2.24, 2.45) is 0 Å². The molecule has 3 rings (SSSR count). The topological polar surface area (TPSA) is 57.2 Å². The van der Waals surface area contributed by atoms with E-state index < -0.39 is 0 Å². The molecule has 0 bridgehead atoms. The Balaban J connectivity index is 2.02. The highest BCUT2D eigenvalue weighted by Crippen LogP contribution is 2.52. The molecule has 2 aromatic rings. The van der Waals surface area contributed by atoms with Gasteiger partial charge in [-0.15, -0.1) is 0 Å². The molecule has 0 amide bonds. The van der Waals surface area contributed by atoms with Gasteiger partial charge in [0.05, 0.1) is 21.3 Å². The Morgan fingerprint density at radius 1 is 1.00 bits per heavy atom. The van der Waals surface area contributed by atoms with Gasteiger partial charge in [0.15, 0.2) is 23.0 Å². The number of methoxy groups -OCH3 is 3. The molecule has 0 aliphatic carbocycles. The van der Waals surface area contributed by atoms with Gasteiger partial charge in [0.2, 0.25) is 0 Å². The van der Waals surface area contributed by atoms with Crippen molar-refractivity contribution < 1.29 is 24.1 Å². The van der Waals surface area contributed by atoms with Crippen molar-refractivity contribution in [3.05, 3.63) is 41.0 Å². The summed E-state index contributed by atoms with van der Waals surface area (Å²) in [5.74, 6) is 2.80. The molecule has 5 nitrogen and oxygen atoms in total. The summed E-state index contributed by atoms with van der Waals surface area (Å²) in [5.41, 5.74) is 2.78. The quantitative estimate of drug-likeness (QED) is 0.919. The highest BCUT2D eigenvalue weighted by atomic mass is 16.5. The summed E-state index contributed by atoms with van der Waals surface area (Å²) in [4.78, 5) is 0. The third-order valence-corrected chi connectivity index (χ3v) is 4.60. The number of hydrogen-bond acceptors (Lipinski definition) is 5. The zero-order valence-corrected chi connectivity index (χ0v) is 14.5. The third-order valence-electron chi connectivity index (χ3n) is 4.60. The van der Waals surface area contributed by atoms with Crippen LogP contribution in [-0.2, 0) is 0 Å². The molecule has 1 aliphatic rings. The van der Waals surface area contributed by atoms with Gasteiger partial charge in [0.1, 0.15) is 11.9 Å². The van der Waals surface area contributed by atoms with Gasteiger partial charge >= 0.3 is 0 Å². The monoisotopic (exact) mass is 330 g/mol. The number of phenols is 1. The van der Waals surface area contributed by atoms with E-state index in [0.717, 1.165) is 22.4 Å². The Bertz CT molecular complexity index is 769. The lowest BCUT2D eigenvalue weighted by Gasteiger charge is -2.18. The van der Waals surface area contributed by atoms with Gasteiger partial charge in [-0.3, -0.25) is 0 Å². The molecule has 1 heterocycles. The molecule has 0 saturated heterocycles. The zero-order valence-electron chi connectivity index (χ0n) is 14.5. The number of aromatic hydroxyl groups is 1. The summed E-state index contributed by atoms with van der Waals surface area (Å²) in [7, 11) is 4.77. The van der Waals surface area contributed by atoms with Gasteiger partial charge in [0, 0.05) is 17.0 Å². The van der Waals surface area contributed by atoms with Gasteiger partial charge in [0.25, 0.3) is 0 Å². The molecule has 2 aromatic carbocycles. The molecule has 0 saturated carbocycles. The van der Waals surface area contributed by atoms with E-state index in [-0.39, 0.29) is 17.8 Å². The predicted molar refractivity (Wildman–Crippen MR) is 90.7 cm³/mol. The molecule has 2 atom stereocenters. The Morgan fingerprint density at radius 2 is 1.71 bits per heavy atom. The maximum atomic E-state index is 10.2. The Hall–Kier alpha value is -2.56. The Morgan fingerprint density at radius 3 is 2.33 bits per heavy atom. The molecule has 24 heavy (non-hydrogen) atoms. The number of hydrogen-bond donors (Lipinski definition) is 1. The first-order valence-electron chi connectivity index (χ1n) is 7.80. The van der Waals surface area contributed by atoms with Crippen molar-refractivity contribution in [3.8, 4) is 28.7 Å². The van der Waals surface area contributed by atoms with E-state index in [1.54, 1.807) is 27.4 Å². The van der Waals surface area contributed by atoms with E-state index in [0.29, 0.717) is 17.2 Å². The van der Waals surface area contributed by atoms with Gasteiger partial charge in [-0.05, 0) is 30.7 Å². The lowest BCUT2D eigenvalue weighted by atomic mass is 9.91. The van der Waals surface area contributed by atoms with Crippen LogP contribution < -0.4 is 18.9 Å². The van der Waals surface area contributed by atoms with Crippen molar-refractivity contribution in [2.75, 3.05) is 21.3 Å². The fourth-order valence-electron chi connectivity index (χ4n) is 3.32. The largest absolute Gasteiger partial charge is 0.504 e. The Kier molecular flexibility index (Phi) is 4.18. The van der Waals surface area contributed by atoms with Crippen LogP contribution in [0, 0.1) is 6.92 Å². The van der Waals surface area contributed by atoms with Crippen LogP contribution in [0.3, 0.4) is 0 Å². The second-order valence-electron chi connectivity index (χ2n) is 5.91. The van der Waals surface area contributed by atoms with Crippen LogP contribution in [-0.4, -0.2) is 26.4 Å². The summed E-state index contributed by atoms with van der Waals surface area (Å²) in [6.07, 6.45) is -0.162. The zero-order chi connectivity index (χ0) is 17.4. The first-order chi connectivity index (χ1) is 11.5. The second-order valence-corrected chi connectivity index (χ2v) is 5.91. The number of fused-ring (bicyclic) bond motifs is 1. The van der Waals surface area contributed by atoms with Gasteiger partial charge in [-0.25, -0.2) is 0 Å². The number of ether oxygens (including phenoxy) is 4. The van der Waals surface area contributed by atoms with Crippen LogP contribution in [0.5, 0.6) is 28.7 Å². The third kappa shape index (κ3) is 2.40. The molecule has 5 heteroatoms. The molecule has 1 aliphatic heterocycles. The molecule has 0 aromatic heterocycles. The van der Waals surface area contributed by atoms with E-state index in [4.69, 9.17) is 18.9 Å². The summed E-state index contributed by atoms with van der Waals surface area (Å²) >= 11 is 0. The fraction of sp³-hybridized carbons (Fsp3) is 0.368. The van der Waals surface area contributed by atoms with Crippen LogP contribution in [0.2, 0.25) is 0 Å². The summed E-state index contributed by atoms with van der Waals surface area (Å²) in [6.45, 7) is 3.97. The van der Waals surface area contributed by atoms with Gasteiger partial charge in [-0.1, -0.05) is 13.0 Å². The van der Waals surface area contributed by atoms with Gasteiger partial charge in [-0.2, -0.15) is 0 Å². The minimum atomic E-state index is -0.162. The lowest BCUT2D eigenvalue weighted by Crippen LogP contribution is -2.07. The summed E-state index contributed by atoms with van der Waals surface area (Å²) in [5, 5.41) is 10.2. The molecule has 0 unspecified atom stereocenters. The molecule has 128 valence electrons. The first-order valence-corrected chi connectivity index (χ1v) is 7.80. The standard InChI is InChI=1S/C19H22O5/c1-10-13-9-14(20)19(23-5)11(2)18(13)24-17(10)12-6-7-15(21-3)16(8-12)22-4/h6-10,17,20H,1-5H3/t10-,17-/m0/s1. The SMILES string of the molecule is COc1ccc([C@H]2Oc3c(cc(O)c(OC)c3C)[C@@H]2C)cc1OC. The van der Waals surface area contributed by atoms with Crippen molar-refractivity contribution in [2.45, 2.75) is 25.9 Å². The molecular weight excluding hydrogens is 308 g/mol. The van der Waals surface area contributed by atoms with E-state index >= 15 is 0 Å². The molecule has 1 N–H and O–H groups in total. The maximum absolute atomic E-state index is 10.2. The lowest BCUT2D eigenvalue weighted by molar-refractivity contribution is 0.213. The summed E-state index contributed by atoms with van der Waals surface area (Å²) < 4.78 is 22.2. The van der Waals surface area contributed by atoms with E-state index in [1.807, 2.05) is 25.1 Å². The average Bonchev–Trinajstić information content (AvgIpc) is 2.92. The predicted octanol–water partition coefficient (Wildman–Crippen LogP) is 3.96. The molecular formula is C19H22O5. The summed E-state index contributed by atoms with van der Waals surface area (Å²) in [6, 6.07) is 7.50. The van der Waals surface area contributed by atoms with Crippen LogP contribution >= 0.6 is 0 Å². The van der Waals surface area contributed by atoms with E-state index in [1.165, 1.54) is 0 Å². The van der Waals surface area contributed by atoms with Crippen molar-refractivity contribution in [1.29, 1.82) is 0 Å². The van der Waals surface area contributed by atoms with Crippen molar-refractivity contribution in [3.63, 3.8) is 0 Å². The highest BCUT2D eigenvalue weighted by Gasteiger charge is 2.35. The number of rotatable bonds is 4. The van der Waals surface area contributed by atoms with Crippen LogP contribution in [0.15, 0.2) is 24.3 Å². The van der Waals surface area contributed by atoms with Crippen LogP contribution in [0.4, 0.5) is 0 Å². The number of benzene rings is 2. The normalized spacial score (nSPS) is 18.7. The fourth-order valence-corrected chi connectivity index (χ4v) is 3.32. The molecule has 0 spiro atoms. The van der Waals surface area contributed by atoms with Gasteiger partial charge < -0.3 is 24.1 Å². The average molecular weight is 330 g/mol. The Labute approximate surface area is 141 Å². The number of phenolic OH excluding ortho intramolecular Hbond substituents is 1. The van der Waals surface area contributed by atoms with Crippen molar-refractivity contribution >= 4 is 0 Å². The highest BCUT2D eigenvalue weighted by molar-refractivity contribution is 5.60. The maximum Gasteiger partial charge on any atom is 0.167 e. The van der Waals surface area contributed by atoms with E-state index in [9.17, 15) is 5.11 Å². The minimum Gasteiger partial charge on any atom is -0.504 e. The van der Waals surface area contributed by atoms with E-state index in [2.05, 4.69) is 6.92 Å². The molecule has 0 radical (unpaired) electrons. The molecule has 0 fully saturated rings.